The zero-order valence-electron chi connectivity index (χ0n) is 35.5. The molecule has 323 valence electrons. The van der Waals surface area contributed by atoms with Gasteiger partial charge < -0.3 is 29.4 Å². The van der Waals surface area contributed by atoms with Gasteiger partial charge in [-0.05, 0) is 55.9 Å². The number of ether oxygens (including phenoxy) is 1. The summed E-state index contributed by atoms with van der Waals surface area (Å²) in [6.45, 7) is 18.7. The molecule has 1 radical (unpaired) electrons. The van der Waals surface area contributed by atoms with E-state index in [1.807, 2.05) is 51.1 Å². The molecule has 3 aromatic carbocycles. The van der Waals surface area contributed by atoms with Gasteiger partial charge in [0.15, 0.2) is 0 Å². The van der Waals surface area contributed by atoms with E-state index in [0.29, 0.717) is 45.5 Å². The fourth-order valence-corrected chi connectivity index (χ4v) is 6.47. The van der Waals surface area contributed by atoms with Crippen LogP contribution in [0.1, 0.15) is 119 Å². The summed E-state index contributed by atoms with van der Waals surface area (Å²) in [4.78, 5) is 34.4. The summed E-state index contributed by atoms with van der Waals surface area (Å²) in [5.74, 6) is -0.396. The Hall–Kier alpha value is -4.37. The van der Waals surface area contributed by atoms with Crippen LogP contribution in [0.2, 0.25) is 0 Å². The van der Waals surface area contributed by atoms with Crippen molar-refractivity contribution in [3.63, 3.8) is 0 Å². The number of hydrogen-bond acceptors (Lipinski definition) is 11. The topological polar surface area (TPSA) is 148 Å². The van der Waals surface area contributed by atoms with E-state index < -0.39 is 17.3 Å². The third-order valence-electron chi connectivity index (χ3n) is 9.38. The van der Waals surface area contributed by atoms with E-state index in [-0.39, 0.29) is 34.9 Å². The number of esters is 1. The van der Waals surface area contributed by atoms with Crippen LogP contribution >= 0.6 is 12.0 Å². The van der Waals surface area contributed by atoms with Gasteiger partial charge in [0, 0.05) is 38.6 Å². The first-order valence-corrected chi connectivity index (χ1v) is 20.9. The predicted octanol–water partition coefficient (Wildman–Crippen LogP) is 11.2. The third kappa shape index (κ3) is 14.4. The van der Waals surface area contributed by atoms with Crippen molar-refractivity contribution in [1.29, 1.82) is 0 Å². The second-order valence-corrected chi connectivity index (χ2v) is 15.3. The molecule has 0 spiro atoms. The fourth-order valence-electron chi connectivity index (χ4n) is 6.04. The average molecular weight is 875 g/mol. The summed E-state index contributed by atoms with van der Waals surface area (Å²) >= 11 is 0.939. The van der Waals surface area contributed by atoms with E-state index >= 15 is 0 Å². The van der Waals surface area contributed by atoms with Gasteiger partial charge in [0.05, 0.1) is 54.4 Å². The number of fused-ring (bicyclic) bond motifs is 1. The maximum Gasteiger partial charge on any atom is 0.338 e. The van der Waals surface area contributed by atoms with Crippen LogP contribution in [0.25, 0.3) is 22.4 Å². The van der Waals surface area contributed by atoms with Crippen LogP contribution in [-0.4, -0.2) is 64.8 Å². The third-order valence-corrected chi connectivity index (χ3v) is 10.0. The molecule has 0 unspecified atom stereocenters. The molecule has 0 saturated carbocycles. The second kappa shape index (κ2) is 25.3. The van der Waals surface area contributed by atoms with Gasteiger partial charge in [0.2, 0.25) is 0 Å². The molecule has 59 heavy (non-hydrogen) atoms. The molecule has 0 N–H and O–H groups in total. The maximum absolute atomic E-state index is 13.7. The average Bonchev–Trinajstić information content (AvgIpc) is 3.82. The Morgan fingerprint density at radius 1 is 0.864 bits per heavy atom. The van der Waals surface area contributed by atoms with E-state index in [4.69, 9.17) is 19.1 Å². The molecule has 15 heteroatoms. The van der Waals surface area contributed by atoms with Crippen LogP contribution in [0, 0.1) is 0 Å². The molecule has 13 nitrogen and oxygen atoms in total. The maximum atomic E-state index is 13.7. The molecule has 0 aliphatic heterocycles. The molecular weight excluding hydrogens is 816 g/mol. The molecule has 0 atom stereocenters. The van der Waals surface area contributed by atoms with E-state index in [1.54, 1.807) is 47.0 Å². The Balaban J connectivity index is 0.00000107. The van der Waals surface area contributed by atoms with E-state index in [9.17, 15) is 9.59 Å². The molecular formula is C44H58CuN8O5S-2. The normalized spacial score (nSPS) is 11.4. The van der Waals surface area contributed by atoms with Gasteiger partial charge in [-0.15, -0.1) is 16.8 Å². The molecule has 2 heterocycles. The Bertz CT molecular complexity index is 2060. The Labute approximate surface area is 364 Å². The van der Waals surface area contributed by atoms with E-state index in [1.165, 1.54) is 46.0 Å². The number of azo groups is 1. The van der Waals surface area contributed by atoms with Crippen molar-refractivity contribution < 1.29 is 40.6 Å². The zero-order valence-corrected chi connectivity index (χ0v) is 37.3. The number of aromatic nitrogens is 4. The van der Waals surface area contributed by atoms with E-state index in [0.717, 1.165) is 36.9 Å². The van der Waals surface area contributed by atoms with Crippen LogP contribution < -0.4 is 5.10 Å². The minimum absolute atomic E-state index is 0. The Morgan fingerprint density at radius 3 is 2.20 bits per heavy atom. The number of rotatable bonds is 20. The number of hydrogen-bond donors (Lipinski definition) is 0. The van der Waals surface area contributed by atoms with Crippen LogP contribution in [0.3, 0.4) is 0 Å². The quantitative estimate of drug-likeness (QED) is 0.0141. The van der Waals surface area contributed by atoms with Crippen molar-refractivity contribution >= 4 is 40.9 Å². The number of carbonyl (C=O) groups excluding carboxylic acids is 2. The molecule has 1 amide bonds. The first kappa shape index (κ1) is 49.0. The zero-order chi connectivity index (χ0) is 41.9. The number of unbranched alkanes of at least 4 members (excludes halogenated alkanes) is 5. The molecule has 0 bridgehead atoms. The molecule has 0 fully saturated rings. The summed E-state index contributed by atoms with van der Waals surface area (Å²) in [6, 6.07) is 21.7. The molecule has 5 aromatic rings. The number of carbonyl (C=O) groups is 2. The predicted molar refractivity (Wildman–Crippen MR) is 230 cm³/mol. The summed E-state index contributed by atoms with van der Waals surface area (Å²) < 4.78 is 12.3. The van der Waals surface area contributed by atoms with Crippen LogP contribution in [0.15, 0.2) is 87.9 Å². The summed E-state index contributed by atoms with van der Waals surface area (Å²) in [6.07, 6.45) is 6.56. The van der Waals surface area contributed by atoms with Crippen molar-refractivity contribution in [1.82, 2.24) is 24.7 Å². The first-order valence-electron chi connectivity index (χ1n) is 20.2. The summed E-state index contributed by atoms with van der Waals surface area (Å²) in [7, 11) is 1.39. The van der Waals surface area contributed by atoms with Gasteiger partial charge in [-0.2, -0.15) is 4.33 Å². The van der Waals surface area contributed by atoms with Crippen molar-refractivity contribution in [3.05, 3.63) is 100 Å². The summed E-state index contributed by atoms with van der Waals surface area (Å²) in [5.41, 5.74) is 3.44. The van der Waals surface area contributed by atoms with Gasteiger partial charge >= 0.3 is 5.97 Å². The number of nitrogens with zero attached hydrogens (tertiary/aromatic N) is 8. The SMILES string of the molecule is CCCCCCCCOC(=O)c1ccccc1C[N-]C(=O)c1cc(SOOC)ccc1N=Nc1c(C(C)(C)C)nn2c(-c3ccccc3)n[n-]c12.CCN(CC)CC.[Cu]. The van der Waals surface area contributed by atoms with Crippen molar-refractivity contribution in [3.8, 4) is 11.4 Å². The number of benzene rings is 3. The van der Waals surface area contributed by atoms with E-state index in [2.05, 4.69) is 58.3 Å². The van der Waals surface area contributed by atoms with Gasteiger partial charge in [0.25, 0.3) is 0 Å². The van der Waals surface area contributed by atoms with Crippen LogP contribution in [0.5, 0.6) is 0 Å². The minimum atomic E-state index is -0.547. The van der Waals surface area contributed by atoms with Gasteiger partial charge in [-0.1, -0.05) is 135 Å². The van der Waals surface area contributed by atoms with Crippen molar-refractivity contribution in [2.24, 2.45) is 10.2 Å². The molecule has 0 aliphatic rings. The molecule has 0 saturated heterocycles. The summed E-state index contributed by atoms with van der Waals surface area (Å²) in [5, 5.41) is 27.1. The molecule has 0 aliphatic carbocycles. The largest absolute Gasteiger partial charge is 0.645 e. The fraction of sp³-hybridized carbons (Fsp3) is 0.455. The van der Waals surface area contributed by atoms with Crippen molar-refractivity contribution in [2.45, 2.75) is 104 Å². The minimum Gasteiger partial charge on any atom is -0.645 e. The Morgan fingerprint density at radius 2 is 1.54 bits per heavy atom. The van der Waals surface area contributed by atoms with Crippen molar-refractivity contribution in [2.75, 3.05) is 33.4 Å². The van der Waals surface area contributed by atoms with Gasteiger partial charge in [-0.3, -0.25) is 10.2 Å². The number of amides is 1. The monoisotopic (exact) mass is 873 g/mol. The smallest absolute Gasteiger partial charge is 0.338 e. The van der Waals surface area contributed by atoms with Crippen LogP contribution in [-0.2, 0) is 43.0 Å². The van der Waals surface area contributed by atoms with Gasteiger partial charge in [-0.25, -0.2) is 9.68 Å². The first-order chi connectivity index (χ1) is 28.1. The standard InChI is InChI=1S/C38H44N7O5S.C6H15N.Cu/c1-6-7-8-9-10-16-23-49-37(47)29-20-15-14-19-27(29)25-39-36(46)30-24-28(51-50-48-5)21-22-31(30)40-41-32-33(38(2,3)4)44-45-34(42-43-35(32)45)26-17-12-11-13-18-26;1-4-7(5-2)6-3;/h11-15,17-22,24H,6-10,16,23,25H2,1-5H3,(H-,39,40,43,44,46);4-6H2,1-3H3;/q-1;;/p-1. The molecule has 5 rings (SSSR count). The van der Waals surface area contributed by atoms with Gasteiger partial charge in [0.1, 0.15) is 5.69 Å². The Kier molecular flexibility index (Phi) is 21.0. The molecule has 2 aromatic heterocycles. The van der Waals surface area contributed by atoms with Crippen LogP contribution in [0.4, 0.5) is 11.4 Å². The second-order valence-electron chi connectivity index (χ2n) is 14.6.